The second kappa shape index (κ2) is 3.10. The van der Waals surface area contributed by atoms with Crippen LogP contribution in [0.25, 0.3) is 11.4 Å². The first-order valence-corrected chi connectivity index (χ1v) is 4.25. The molecule has 0 bridgehead atoms. The number of aryl methyl sites for hydroxylation is 2. The Hall–Kier alpha value is -1.91. The number of hydrogen-bond donors (Lipinski definition) is 1. The first-order valence-electron chi connectivity index (χ1n) is 4.25. The summed E-state index contributed by atoms with van der Waals surface area (Å²) in [6.45, 7) is 1.95. The van der Waals surface area contributed by atoms with Gasteiger partial charge in [-0.15, -0.1) is 0 Å². The summed E-state index contributed by atoms with van der Waals surface area (Å²) in [5.74, 6) is 0. The summed E-state index contributed by atoms with van der Waals surface area (Å²) in [6, 6.07) is 1.87. The lowest BCUT2D eigenvalue weighted by Crippen LogP contribution is -1.96. The molecule has 2 heterocycles. The minimum atomic E-state index is 0.630. The van der Waals surface area contributed by atoms with E-state index in [1.807, 2.05) is 13.0 Å². The van der Waals surface area contributed by atoms with Crippen molar-refractivity contribution in [1.82, 2.24) is 20.0 Å². The van der Waals surface area contributed by atoms with Crippen molar-refractivity contribution in [2.45, 2.75) is 6.92 Å². The van der Waals surface area contributed by atoms with Crippen LogP contribution in [0.4, 0.5) is 5.69 Å². The molecule has 5 nitrogen and oxygen atoms in total. The SMILES string of the molecule is Cc1cnc(-c2cnn(C)n2)c(N)c1. The molecule has 0 spiro atoms. The standard InChI is InChI=1S/C9H11N5/c1-6-3-7(10)9(11-4-6)8-5-12-14(2)13-8/h3-5H,10H2,1-2H3. The third-order valence-electron chi connectivity index (χ3n) is 1.90. The summed E-state index contributed by atoms with van der Waals surface area (Å²) < 4.78 is 0. The molecular weight excluding hydrogens is 178 g/mol. The van der Waals surface area contributed by atoms with Crippen LogP contribution in [0.15, 0.2) is 18.5 Å². The average Bonchev–Trinajstić information content (AvgIpc) is 2.51. The van der Waals surface area contributed by atoms with E-state index in [9.17, 15) is 0 Å². The van der Waals surface area contributed by atoms with Crippen molar-refractivity contribution in [3.63, 3.8) is 0 Å². The van der Waals surface area contributed by atoms with E-state index >= 15 is 0 Å². The van der Waals surface area contributed by atoms with Crippen LogP contribution in [-0.2, 0) is 7.05 Å². The summed E-state index contributed by atoms with van der Waals surface area (Å²) in [6.07, 6.45) is 3.41. The molecule has 0 saturated heterocycles. The maximum atomic E-state index is 5.82. The van der Waals surface area contributed by atoms with Gasteiger partial charge in [0.05, 0.1) is 11.9 Å². The predicted octanol–water partition coefficient (Wildman–Crippen LogP) is 0.768. The van der Waals surface area contributed by atoms with Crippen molar-refractivity contribution in [2.24, 2.45) is 7.05 Å². The van der Waals surface area contributed by atoms with E-state index in [0.29, 0.717) is 17.1 Å². The van der Waals surface area contributed by atoms with Gasteiger partial charge in [0.25, 0.3) is 0 Å². The Morgan fingerprint density at radius 3 is 2.71 bits per heavy atom. The number of nitrogens with zero attached hydrogens (tertiary/aromatic N) is 4. The van der Waals surface area contributed by atoms with E-state index in [1.165, 1.54) is 4.80 Å². The summed E-state index contributed by atoms with van der Waals surface area (Å²) in [4.78, 5) is 5.70. The topological polar surface area (TPSA) is 69.6 Å². The normalized spacial score (nSPS) is 10.4. The molecule has 5 heteroatoms. The Labute approximate surface area is 81.6 Å². The van der Waals surface area contributed by atoms with Crippen LogP contribution in [0.5, 0.6) is 0 Å². The lowest BCUT2D eigenvalue weighted by Gasteiger charge is -2.01. The fourth-order valence-electron chi connectivity index (χ4n) is 1.26. The quantitative estimate of drug-likeness (QED) is 0.719. The smallest absolute Gasteiger partial charge is 0.133 e. The van der Waals surface area contributed by atoms with Crippen LogP contribution >= 0.6 is 0 Å². The molecule has 2 rings (SSSR count). The molecule has 2 aromatic rings. The highest BCUT2D eigenvalue weighted by Gasteiger charge is 2.07. The zero-order chi connectivity index (χ0) is 10.1. The molecule has 0 aliphatic heterocycles. The zero-order valence-corrected chi connectivity index (χ0v) is 8.10. The fraction of sp³-hybridized carbons (Fsp3) is 0.222. The largest absolute Gasteiger partial charge is 0.397 e. The molecule has 0 amide bonds. The molecular formula is C9H11N5. The van der Waals surface area contributed by atoms with Crippen LogP contribution < -0.4 is 5.73 Å². The molecule has 0 unspecified atom stereocenters. The van der Waals surface area contributed by atoms with Crippen LogP contribution in [0, 0.1) is 6.92 Å². The fourth-order valence-corrected chi connectivity index (χ4v) is 1.26. The number of anilines is 1. The van der Waals surface area contributed by atoms with Gasteiger partial charge in [-0.25, -0.2) is 0 Å². The van der Waals surface area contributed by atoms with E-state index in [0.717, 1.165) is 5.56 Å². The van der Waals surface area contributed by atoms with E-state index in [-0.39, 0.29) is 0 Å². The summed E-state index contributed by atoms with van der Waals surface area (Å²) in [5.41, 5.74) is 8.87. The third-order valence-corrected chi connectivity index (χ3v) is 1.90. The number of pyridine rings is 1. The Morgan fingerprint density at radius 2 is 2.14 bits per heavy atom. The lowest BCUT2D eigenvalue weighted by molar-refractivity contribution is 0.655. The average molecular weight is 189 g/mol. The molecule has 0 aromatic carbocycles. The van der Waals surface area contributed by atoms with Crippen molar-refractivity contribution in [2.75, 3.05) is 5.73 Å². The third kappa shape index (κ3) is 1.44. The van der Waals surface area contributed by atoms with Crippen molar-refractivity contribution >= 4 is 5.69 Å². The van der Waals surface area contributed by atoms with E-state index < -0.39 is 0 Å². The molecule has 0 fully saturated rings. The maximum Gasteiger partial charge on any atom is 0.133 e. The predicted molar refractivity (Wildman–Crippen MR) is 53.4 cm³/mol. The monoisotopic (exact) mass is 189 g/mol. The van der Waals surface area contributed by atoms with Crippen LogP contribution in [0.1, 0.15) is 5.56 Å². The molecule has 0 aliphatic carbocycles. The van der Waals surface area contributed by atoms with E-state index in [2.05, 4.69) is 15.2 Å². The molecule has 2 aromatic heterocycles. The first kappa shape index (κ1) is 8.68. The highest BCUT2D eigenvalue weighted by Crippen LogP contribution is 2.20. The van der Waals surface area contributed by atoms with E-state index in [1.54, 1.807) is 19.4 Å². The van der Waals surface area contributed by atoms with Crippen LogP contribution in [0.3, 0.4) is 0 Å². The van der Waals surface area contributed by atoms with Gasteiger partial charge in [-0.3, -0.25) is 4.98 Å². The van der Waals surface area contributed by atoms with Gasteiger partial charge in [-0.05, 0) is 18.6 Å². The lowest BCUT2D eigenvalue weighted by atomic mass is 10.2. The number of hydrogen-bond acceptors (Lipinski definition) is 4. The highest BCUT2D eigenvalue weighted by atomic mass is 15.4. The van der Waals surface area contributed by atoms with Gasteiger partial charge in [0.2, 0.25) is 0 Å². The maximum absolute atomic E-state index is 5.82. The molecule has 2 N–H and O–H groups in total. The van der Waals surface area contributed by atoms with Crippen molar-refractivity contribution in [3.05, 3.63) is 24.0 Å². The number of nitrogen functional groups attached to an aromatic ring is 1. The minimum absolute atomic E-state index is 0.630. The molecule has 0 saturated carbocycles. The van der Waals surface area contributed by atoms with Crippen LogP contribution in [-0.4, -0.2) is 20.0 Å². The number of rotatable bonds is 1. The van der Waals surface area contributed by atoms with Gasteiger partial charge in [0.1, 0.15) is 11.4 Å². The van der Waals surface area contributed by atoms with Gasteiger partial charge >= 0.3 is 0 Å². The van der Waals surface area contributed by atoms with Crippen molar-refractivity contribution in [1.29, 1.82) is 0 Å². The molecule has 0 atom stereocenters. The Balaban J connectivity index is 2.52. The van der Waals surface area contributed by atoms with E-state index in [4.69, 9.17) is 5.73 Å². The second-order valence-electron chi connectivity index (χ2n) is 3.17. The van der Waals surface area contributed by atoms with Crippen LogP contribution in [0.2, 0.25) is 0 Å². The second-order valence-corrected chi connectivity index (χ2v) is 3.17. The number of nitrogens with two attached hydrogens (primary N) is 1. The van der Waals surface area contributed by atoms with Crippen molar-refractivity contribution < 1.29 is 0 Å². The minimum Gasteiger partial charge on any atom is -0.397 e. The Morgan fingerprint density at radius 1 is 1.36 bits per heavy atom. The molecule has 72 valence electrons. The van der Waals surface area contributed by atoms with Gasteiger partial charge in [-0.1, -0.05) is 0 Å². The summed E-state index contributed by atoms with van der Waals surface area (Å²) in [5, 5.41) is 8.10. The highest BCUT2D eigenvalue weighted by molar-refractivity contribution is 5.68. The summed E-state index contributed by atoms with van der Waals surface area (Å²) >= 11 is 0. The van der Waals surface area contributed by atoms with Gasteiger partial charge in [-0.2, -0.15) is 15.0 Å². The zero-order valence-electron chi connectivity index (χ0n) is 8.10. The molecule has 0 aliphatic rings. The Bertz CT molecular complexity index is 460. The molecule has 0 radical (unpaired) electrons. The van der Waals surface area contributed by atoms with Gasteiger partial charge < -0.3 is 5.73 Å². The number of aromatic nitrogens is 4. The summed E-state index contributed by atoms with van der Waals surface area (Å²) in [7, 11) is 1.76. The Kier molecular flexibility index (Phi) is 1.92. The van der Waals surface area contributed by atoms with Crippen molar-refractivity contribution in [3.8, 4) is 11.4 Å². The van der Waals surface area contributed by atoms with Gasteiger partial charge in [0.15, 0.2) is 0 Å². The molecule has 14 heavy (non-hydrogen) atoms. The van der Waals surface area contributed by atoms with Gasteiger partial charge in [0, 0.05) is 13.2 Å². The first-order chi connectivity index (χ1) is 6.66.